The second kappa shape index (κ2) is 4.74. The van der Waals surface area contributed by atoms with Gasteiger partial charge in [-0.3, -0.25) is 0 Å². The third-order valence-corrected chi connectivity index (χ3v) is 3.22. The van der Waals surface area contributed by atoms with Crippen molar-refractivity contribution in [3.05, 3.63) is 35.6 Å². The molecule has 0 bridgehead atoms. The van der Waals surface area contributed by atoms with Gasteiger partial charge in [0.05, 0.1) is 0 Å². The molecule has 1 aromatic rings. The summed E-state index contributed by atoms with van der Waals surface area (Å²) in [5, 5.41) is 3.25. The number of rotatable bonds is 3. The van der Waals surface area contributed by atoms with Gasteiger partial charge in [0.1, 0.15) is 12.1 Å². The predicted molar refractivity (Wildman–Crippen MR) is 60.7 cm³/mol. The van der Waals surface area contributed by atoms with E-state index in [4.69, 9.17) is 0 Å². The molecular weight excluding hydrogens is 205 g/mol. The molecule has 1 aliphatic rings. The molecule has 1 heterocycles. The molecule has 1 fully saturated rings. The van der Waals surface area contributed by atoms with Gasteiger partial charge in [0, 0.05) is 12.0 Å². The molecular formula is C13H16FNO. The predicted octanol–water partition coefficient (Wildman–Crippen LogP) is 1.94. The quantitative estimate of drug-likeness (QED) is 0.790. The number of nitrogens with one attached hydrogen (secondary N) is 1. The Morgan fingerprint density at radius 1 is 1.38 bits per heavy atom. The molecule has 1 N–H and O–H groups in total. The SMILES string of the molecule is O=C[C@]1(Cc2ccc(F)cc2)CCCNC1. The van der Waals surface area contributed by atoms with Crippen LogP contribution >= 0.6 is 0 Å². The van der Waals surface area contributed by atoms with Gasteiger partial charge in [-0.2, -0.15) is 0 Å². The van der Waals surface area contributed by atoms with Crippen molar-refractivity contribution in [3.8, 4) is 0 Å². The van der Waals surface area contributed by atoms with E-state index in [9.17, 15) is 9.18 Å². The lowest BCUT2D eigenvalue weighted by Crippen LogP contribution is -2.42. The maximum absolute atomic E-state index is 12.8. The number of hydrogen-bond donors (Lipinski definition) is 1. The largest absolute Gasteiger partial charge is 0.316 e. The molecule has 1 atom stereocenters. The van der Waals surface area contributed by atoms with Gasteiger partial charge in [0.15, 0.2) is 0 Å². The number of carbonyl (C=O) groups is 1. The summed E-state index contributed by atoms with van der Waals surface area (Å²) in [5.41, 5.74) is 0.730. The molecule has 0 unspecified atom stereocenters. The molecule has 0 aromatic heterocycles. The van der Waals surface area contributed by atoms with Crippen LogP contribution in [0.1, 0.15) is 18.4 Å². The van der Waals surface area contributed by atoms with Gasteiger partial charge in [-0.05, 0) is 43.5 Å². The van der Waals surface area contributed by atoms with Crippen molar-refractivity contribution in [3.63, 3.8) is 0 Å². The van der Waals surface area contributed by atoms with Crippen molar-refractivity contribution in [2.45, 2.75) is 19.3 Å². The second-order valence-corrected chi connectivity index (χ2v) is 4.56. The lowest BCUT2D eigenvalue weighted by molar-refractivity contribution is -0.117. The molecule has 1 aromatic carbocycles. The van der Waals surface area contributed by atoms with Crippen LogP contribution in [0, 0.1) is 11.2 Å². The molecule has 0 saturated carbocycles. The van der Waals surface area contributed by atoms with Crippen molar-refractivity contribution in [1.29, 1.82) is 0 Å². The fourth-order valence-electron chi connectivity index (χ4n) is 2.29. The highest BCUT2D eigenvalue weighted by Gasteiger charge is 2.31. The van der Waals surface area contributed by atoms with Crippen molar-refractivity contribution in [1.82, 2.24) is 5.32 Å². The molecule has 1 saturated heterocycles. The number of aldehydes is 1. The van der Waals surface area contributed by atoms with Gasteiger partial charge in [-0.25, -0.2) is 4.39 Å². The summed E-state index contributed by atoms with van der Waals surface area (Å²) >= 11 is 0. The van der Waals surface area contributed by atoms with Gasteiger partial charge in [0.2, 0.25) is 0 Å². The molecule has 2 rings (SSSR count). The minimum atomic E-state index is -0.296. The summed E-state index contributed by atoms with van der Waals surface area (Å²) in [6, 6.07) is 6.42. The fourth-order valence-corrected chi connectivity index (χ4v) is 2.29. The molecule has 2 nitrogen and oxygen atoms in total. The summed E-state index contributed by atoms with van der Waals surface area (Å²) in [5.74, 6) is -0.231. The van der Waals surface area contributed by atoms with Crippen LogP contribution in [0.5, 0.6) is 0 Å². The first-order chi connectivity index (χ1) is 7.74. The highest BCUT2D eigenvalue weighted by molar-refractivity contribution is 5.61. The van der Waals surface area contributed by atoms with Crippen molar-refractivity contribution in [2.24, 2.45) is 5.41 Å². The third kappa shape index (κ3) is 2.47. The summed E-state index contributed by atoms with van der Waals surface area (Å²) in [6.45, 7) is 1.72. The van der Waals surface area contributed by atoms with E-state index >= 15 is 0 Å². The topological polar surface area (TPSA) is 29.1 Å². The molecule has 16 heavy (non-hydrogen) atoms. The van der Waals surface area contributed by atoms with Crippen LogP contribution in [-0.2, 0) is 11.2 Å². The Labute approximate surface area is 94.9 Å². The number of carbonyl (C=O) groups excluding carboxylic acids is 1. The Bertz CT molecular complexity index is 355. The van der Waals surface area contributed by atoms with E-state index in [2.05, 4.69) is 5.32 Å². The average molecular weight is 221 g/mol. The summed E-state index contributed by atoms with van der Waals surface area (Å²) in [7, 11) is 0. The number of piperidine rings is 1. The van der Waals surface area contributed by atoms with E-state index in [1.807, 2.05) is 0 Å². The Morgan fingerprint density at radius 3 is 2.69 bits per heavy atom. The van der Waals surface area contributed by atoms with Gasteiger partial charge in [-0.1, -0.05) is 12.1 Å². The molecule has 0 spiro atoms. The van der Waals surface area contributed by atoms with E-state index in [1.54, 1.807) is 12.1 Å². The summed E-state index contributed by atoms with van der Waals surface area (Å²) < 4.78 is 12.8. The zero-order valence-corrected chi connectivity index (χ0v) is 9.21. The van der Waals surface area contributed by atoms with Crippen LogP contribution in [0.15, 0.2) is 24.3 Å². The highest BCUT2D eigenvalue weighted by atomic mass is 19.1. The van der Waals surface area contributed by atoms with E-state index in [-0.39, 0.29) is 11.2 Å². The maximum atomic E-state index is 12.8. The first kappa shape index (κ1) is 11.3. The van der Waals surface area contributed by atoms with Crippen LogP contribution in [0.2, 0.25) is 0 Å². The number of halogens is 1. The van der Waals surface area contributed by atoms with Gasteiger partial charge in [-0.15, -0.1) is 0 Å². The third-order valence-electron chi connectivity index (χ3n) is 3.22. The fraction of sp³-hybridized carbons (Fsp3) is 0.462. The van der Waals surface area contributed by atoms with Crippen LogP contribution in [0.3, 0.4) is 0 Å². The van der Waals surface area contributed by atoms with Crippen LogP contribution in [-0.4, -0.2) is 19.4 Å². The van der Waals surface area contributed by atoms with E-state index in [0.717, 1.165) is 37.8 Å². The zero-order valence-electron chi connectivity index (χ0n) is 9.21. The number of benzene rings is 1. The molecule has 86 valence electrons. The lowest BCUT2D eigenvalue weighted by atomic mass is 9.77. The Hall–Kier alpha value is -1.22. The molecule has 0 amide bonds. The van der Waals surface area contributed by atoms with Crippen LogP contribution in [0.4, 0.5) is 4.39 Å². The minimum absolute atomic E-state index is 0.231. The van der Waals surface area contributed by atoms with Crippen LogP contribution in [0.25, 0.3) is 0 Å². The van der Waals surface area contributed by atoms with Crippen molar-refractivity contribution >= 4 is 6.29 Å². The minimum Gasteiger partial charge on any atom is -0.316 e. The molecule has 3 heteroatoms. The first-order valence-electron chi connectivity index (χ1n) is 5.66. The highest BCUT2D eigenvalue weighted by Crippen LogP contribution is 2.28. The van der Waals surface area contributed by atoms with Crippen LogP contribution < -0.4 is 5.32 Å². The average Bonchev–Trinajstić information content (AvgIpc) is 2.33. The monoisotopic (exact) mass is 221 g/mol. The Balaban J connectivity index is 2.11. The lowest BCUT2D eigenvalue weighted by Gasteiger charge is -2.32. The number of hydrogen-bond acceptors (Lipinski definition) is 2. The van der Waals surface area contributed by atoms with E-state index in [0.29, 0.717) is 6.42 Å². The van der Waals surface area contributed by atoms with Gasteiger partial charge in [0.25, 0.3) is 0 Å². The van der Waals surface area contributed by atoms with Crippen molar-refractivity contribution < 1.29 is 9.18 Å². The Morgan fingerprint density at radius 2 is 2.12 bits per heavy atom. The summed E-state index contributed by atoms with van der Waals surface area (Å²) in [6.07, 6.45) is 3.70. The van der Waals surface area contributed by atoms with Gasteiger partial charge >= 0.3 is 0 Å². The van der Waals surface area contributed by atoms with E-state index in [1.165, 1.54) is 12.1 Å². The van der Waals surface area contributed by atoms with E-state index < -0.39 is 0 Å². The molecule has 1 aliphatic heterocycles. The van der Waals surface area contributed by atoms with Crippen molar-refractivity contribution in [2.75, 3.05) is 13.1 Å². The zero-order chi connectivity index (χ0) is 11.4. The maximum Gasteiger partial charge on any atom is 0.127 e. The standard InChI is InChI=1S/C13H16FNO/c14-12-4-2-11(3-5-12)8-13(10-16)6-1-7-15-9-13/h2-5,10,15H,1,6-9H2/t13-/m0/s1. The summed E-state index contributed by atoms with van der Waals surface area (Å²) in [4.78, 5) is 11.2. The molecule has 0 aliphatic carbocycles. The smallest absolute Gasteiger partial charge is 0.127 e. The molecule has 0 radical (unpaired) electrons. The normalized spacial score (nSPS) is 25.3. The van der Waals surface area contributed by atoms with Gasteiger partial charge < -0.3 is 10.1 Å². The first-order valence-corrected chi connectivity index (χ1v) is 5.66. The second-order valence-electron chi connectivity index (χ2n) is 4.56. The Kier molecular flexibility index (Phi) is 3.34.